The van der Waals surface area contributed by atoms with Crippen molar-refractivity contribution >= 4 is 9.24 Å². The summed E-state index contributed by atoms with van der Waals surface area (Å²) in [5.41, 5.74) is 2.72. The van der Waals surface area contributed by atoms with E-state index in [1.807, 2.05) is 13.2 Å². The maximum atomic E-state index is 5.26. The first-order valence-electron chi connectivity index (χ1n) is 8.71. The van der Waals surface area contributed by atoms with E-state index < -0.39 is 0 Å². The number of methoxy groups -OCH3 is 1. The van der Waals surface area contributed by atoms with Crippen LogP contribution in [0.15, 0.2) is 6.20 Å². The second-order valence-electron chi connectivity index (χ2n) is 7.03. The number of ether oxygens (including phenoxy) is 1. The quantitative estimate of drug-likeness (QED) is 0.678. The van der Waals surface area contributed by atoms with Gasteiger partial charge in [0.05, 0.1) is 6.20 Å². The van der Waals surface area contributed by atoms with E-state index in [-0.39, 0.29) is 0 Å². The summed E-state index contributed by atoms with van der Waals surface area (Å²) in [4.78, 5) is 2.35. The minimum atomic E-state index is 0.371. The Hall–Kier alpha value is -0.480. The van der Waals surface area contributed by atoms with E-state index in [1.54, 1.807) is 7.11 Å². The first kappa shape index (κ1) is 18.9. The van der Waals surface area contributed by atoms with Gasteiger partial charge in [-0.3, -0.25) is 5.10 Å². The Bertz CT molecular complexity index is 457. The summed E-state index contributed by atoms with van der Waals surface area (Å²) in [5.74, 6) is 0.626. The molecule has 1 aromatic rings. The number of nitrogens with one attached hydrogen (secondary N) is 2. The zero-order chi connectivity index (χ0) is 16.7. The van der Waals surface area contributed by atoms with Gasteiger partial charge in [0, 0.05) is 50.5 Å². The average molecular weight is 340 g/mol. The lowest BCUT2D eigenvalue weighted by atomic mass is 9.78. The molecule has 0 bridgehead atoms. The molecule has 6 heteroatoms. The summed E-state index contributed by atoms with van der Waals surface area (Å²) in [7, 11) is 9.07. The lowest BCUT2D eigenvalue weighted by Crippen LogP contribution is -2.30. The van der Waals surface area contributed by atoms with E-state index in [4.69, 9.17) is 4.74 Å². The number of aromatic nitrogens is 2. The summed E-state index contributed by atoms with van der Waals surface area (Å²) in [6.45, 7) is 3.90. The number of likely N-dealkylation sites (N-methyl/N-ethyl adjacent to an activating group) is 2. The number of rotatable bonds is 9. The van der Waals surface area contributed by atoms with Gasteiger partial charge in [0.2, 0.25) is 0 Å². The highest BCUT2D eigenvalue weighted by molar-refractivity contribution is 7.19. The van der Waals surface area contributed by atoms with Crippen LogP contribution in [0.4, 0.5) is 0 Å². The lowest BCUT2D eigenvalue weighted by molar-refractivity contribution is 0.172. The zero-order valence-electron chi connectivity index (χ0n) is 14.9. The van der Waals surface area contributed by atoms with Crippen LogP contribution >= 0.6 is 9.24 Å². The van der Waals surface area contributed by atoms with Crippen molar-refractivity contribution in [1.82, 2.24) is 20.4 Å². The highest BCUT2D eigenvalue weighted by Gasteiger charge is 2.33. The first-order chi connectivity index (χ1) is 11.1. The molecule has 23 heavy (non-hydrogen) atoms. The number of nitrogens with zero attached hydrogens (tertiary/aromatic N) is 2. The van der Waals surface area contributed by atoms with Crippen LogP contribution in [0.25, 0.3) is 0 Å². The fourth-order valence-corrected chi connectivity index (χ4v) is 3.96. The smallest absolute Gasteiger partial charge is 0.0535 e. The van der Waals surface area contributed by atoms with Crippen LogP contribution in [0.1, 0.15) is 49.3 Å². The Balaban J connectivity index is 1.90. The van der Waals surface area contributed by atoms with Crippen LogP contribution in [-0.4, -0.2) is 61.2 Å². The van der Waals surface area contributed by atoms with Crippen LogP contribution in [0.3, 0.4) is 0 Å². The Labute approximate surface area is 143 Å². The molecular weight excluding hydrogens is 307 g/mol. The number of hydrogen-bond donors (Lipinski definition) is 2. The van der Waals surface area contributed by atoms with Crippen molar-refractivity contribution in [3.8, 4) is 0 Å². The van der Waals surface area contributed by atoms with Gasteiger partial charge in [0.25, 0.3) is 0 Å². The van der Waals surface area contributed by atoms with Crippen molar-refractivity contribution in [1.29, 1.82) is 0 Å². The second kappa shape index (κ2) is 9.12. The van der Waals surface area contributed by atoms with Crippen molar-refractivity contribution in [2.24, 2.45) is 0 Å². The Morgan fingerprint density at radius 1 is 1.48 bits per heavy atom. The fourth-order valence-electron chi connectivity index (χ4n) is 3.51. The summed E-state index contributed by atoms with van der Waals surface area (Å²) in [6.07, 6.45) is 8.13. The van der Waals surface area contributed by atoms with E-state index in [0.717, 1.165) is 32.7 Å². The molecule has 1 heterocycles. The van der Waals surface area contributed by atoms with Crippen LogP contribution in [0, 0.1) is 0 Å². The molecule has 5 nitrogen and oxygen atoms in total. The van der Waals surface area contributed by atoms with Crippen molar-refractivity contribution in [2.75, 3.05) is 40.9 Å². The molecule has 0 spiro atoms. The van der Waals surface area contributed by atoms with Crippen LogP contribution in [0.2, 0.25) is 0 Å². The van der Waals surface area contributed by atoms with Crippen molar-refractivity contribution < 1.29 is 4.74 Å². The van der Waals surface area contributed by atoms with Crippen molar-refractivity contribution in [2.45, 2.75) is 49.7 Å². The van der Waals surface area contributed by atoms with Gasteiger partial charge in [-0.2, -0.15) is 5.10 Å². The normalized spacial score (nSPS) is 25.2. The molecule has 1 unspecified atom stereocenters. The summed E-state index contributed by atoms with van der Waals surface area (Å²) >= 11 is 0. The molecule has 1 saturated carbocycles. The molecule has 0 radical (unpaired) electrons. The van der Waals surface area contributed by atoms with E-state index in [0.29, 0.717) is 11.1 Å². The topological polar surface area (TPSA) is 53.2 Å². The summed E-state index contributed by atoms with van der Waals surface area (Å²) < 4.78 is 5.26. The highest BCUT2D eigenvalue weighted by atomic mass is 31.0. The third kappa shape index (κ3) is 5.53. The summed E-state index contributed by atoms with van der Waals surface area (Å²) in [5, 5.41) is 11.2. The zero-order valence-corrected chi connectivity index (χ0v) is 16.1. The standard InChI is InChI=1S/C17H33N4OP/c1-18-9-10-21(2)13-15-12-19-20-16(15)14-4-6-17(23,7-5-14)8-11-22-3/h12,14,18H,4-11,13,23H2,1-3H3,(H,19,20). The van der Waals surface area contributed by atoms with Gasteiger partial charge in [-0.25, -0.2) is 0 Å². The van der Waals surface area contributed by atoms with Crippen LogP contribution in [-0.2, 0) is 11.3 Å². The summed E-state index contributed by atoms with van der Waals surface area (Å²) in [6, 6.07) is 0. The molecule has 0 aromatic carbocycles. The Kier molecular flexibility index (Phi) is 7.48. The Morgan fingerprint density at radius 2 is 2.22 bits per heavy atom. The first-order valence-corrected chi connectivity index (χ1v) is 9.29. The molecular formula is C17H33N4OP. The molecule has 1 aromatic heterocycles. The SMILES string of the molecule is CNCCN(C)Cc1cn[nH]c1C1CCC(P)(CCOC)CC1. The van der Waals surface area contributed by atoms with Crippen molar-refractivity contribution in [3.63, 3.8) is 0 Å². The molecule has 132 valence electrons. The number of H-pyrrole nitrogens is 1. The minimum Gasteiger partial charge on any atom is -0.385 e. The molecule has 1 atom stereocenters. The molecule has 1 aliphatic carbocycles. The van der Waals surface area contributed by atoms with Gasteiger partial charge in [0.1, 0.15) is 0 Å². The third-order valence-electron chi connectivity index (χ3n) is 5.13. The molecule has 1 fully saturated rings. The highest BCUT2D eigenvalue weighted by Crippen LogP contribution is 2.44. The maximum absolute atomic E-state index is 5.26. The third-order valence-corrected chi connectivity index (χ3v) is 5.99. The molecule has 0 saturated heterocycles. The molecule has 2 N–H and O–H groups in total. The van der Waals surface area contributed by atoms with Gasteiger partial charge in [-0.15, -0.1) is 9.24 Å². The monoisotopic (exact) mass is 340 g/mol. The molecule has 0 aliphatic heterocycles. The number of hydrogen-bond acceptors (Lipinski definition) is 4. The largest absolute Gasteiger partial charge is 0.385 e. The second-order valence-corrected chi connectivity index (χ2v) is 8.25. The molecule has 0 amide bonds. The maximum Gasteiger partial charge on any atom is 0.0535 e. The van der Waals surface area contributed by atoms with Crippen LogP contribution in [0.5, 0.6) is 0 Å². The van der Waals surface area contributed by atoms with E-state index in [1.165, 1.54) is 36.9 Å². The van der Waals surface area contributed by atoms with Crippen molar-refractivity contribution in [3.05, 3.63) is 17.5 Å². The lowest BCUT2D eigenvalue weighted by Gasteiger charge is -2.37. The van der Waals surface area contributed by atoms with Gasteiger partial charge in [0.15, 0.2) is 0 Å². The Morgan fingerprint density at radius 3 is 2.87 bits per heavy atom. The molecule has 2 rings (SSSR count). The average Bonchev–Trinajstić information content (AvgIpc) is 3.00. The minimum absolute atomic E-state index is 0.371. The van der Waals surface area contributed by atoms with Crippen LogP contribution < -0.4 is 5.32 Å². The number of aromatic amines is 1. The van der Waals surface area contributed by atoms with E-state index >= 15 is 0 Å². The predicted octanol–water partition coefficient (Wildman–Crippen LogP) is 2.37. The molecule has 1 aliphatic rings. The van der Waals surface area contributed by atoms with Gasteiger partial charge in [-0.1, -0.05) is 0 Å². The predicted molar refractivity (Wildman–Crippen MR) is 99.0 cm³/mol. The van der Waals surface area contributed by atoms with Gasteiger partial charge >= 0.3 is 0 Å². The van der Waals surface area contributed by atoms with E-state index in [2.05, 4.69) is 36.7 Å². The van der Waals surface area contributed by atoms with Gasteiger partial charge < -0.3 is 15.0 Å². The van der Waals surface area contributed by atoms with E-state index in [9.17, 15) is 0 Å². The van der Waals surface area contributed by atoms with Gasteiger partial charge in [-0.05, 0) is 51.4 Å². The fraction of sp³-hybridized carbons (Fsp3) is 0.824.